The van der Waals surface area contributed by atoms with Crippen molar-refractivity contribution >= 4 is 44.1 Å². The number of anilines is 1. The Morgan fingerprint density at radius 1 is 0.922 bits per heavy atom. The number of hydrogen-bond acceptors (Lipinski definition) is 10. The van der Waals surface area contributed by atoms with Gasteiger partial charge >= 0.3 is 0 Å². The number of ether oxygens (including phenoxy) is 2. The van der Waals surface area contributed by atoms with Crippen LogP contribution in [0.2, 0.25) is 5.02 Å². The maximum atomic E-state index is 13.1. The van der Waals surface area contributed by atoms with E-state index in [4.69, 9.17) is 26.3 Å². The summed E-state index contributed by atoms with van der Waals surface area (Å²) >= 11 is 6.16. The Morgan fingerprint density at radius 2 is 1.70 bits per heavy atom. The summed E-state index contributed by atoms with van der Waals surface area (Å²) in [4.78, 5) is 31.3. The van der Waals surface area contributed by atoms with Crippen LogP contribution in [0.1, 0.15) is 90.2 Å². The van der Waals surface area contributed by atoms with Crippen LogP contribution < -0.4 is 25.2 Å². The van der Waals surface area contributed by atoms with Gasteiger partial charge in [0.15, 0.2) is 21.3 Å². The van der Waals surface area contributed by atoms with Crippen LogP contribution in [0.4, 0.5) is 5.82 Å². The van der Waals surface area contributed by atoms with Crippen molar-refractivity contribution in [2.45, 2.75) is 81.6 Å². The molecule has 64 heavy (non-hydrogen) atoms. The molecule has 330 valence electrons. The number of aromatic nitrogens is 4. The number of halogens is 1. The van der Waals surface area contributed by atoms with Gasteiger partial charge in [-0.15, -0.1) is 10.2 Å². The largest absolute Gasteiger partial charge is 0.490 e. The van der Waals surface area contributed by atoms with Gasteiger partial charge in [0, 0.05) is 61.2 Å². The van der Waals surface area contributed by atoms with E-state index >= 15 is 0 Å². The summed E-state index contributed by atoms with van der Waals surface area (Å²) in [5.74, 6) is 3.21. The Balaban J connectivity index is 0.756. The van der Waals surface area contributed by atoms with Crippen LogP contribution in [0, 0.1) is 17.2 Å². The molecule has 13 nitrogen and oxygen atoms in total. The zero-order valence-electron chi connectivity index (χ0n) is 35.6. The van der Waals surface area contributed by atoms with E-state index in [0.717, 1.165) is 92.4 Å². The monoisotopic (exact) mass is 899 g/mol. The number of nitrogens with zero attached hydrogens (tertiary/aromatic N) is 5. The number of fused-ring (bicyclic) bond motifs is 1. The van der Waals surface area contributed by atoms with Crippen molar-refractivity contribution in [2.75, 3.05) is 23.7 Å². The number of sulfone groups is 1. The van der Waals surface area contributed by atoms with Crippen molar-refractivity contribution in [3.05, 3.63) is 129 Å². The van der Waals surface area contributed by atoms with Crippen LogP contribution in [0.15, 0.2) is 96.1 Å². The molecule has 3 aliphatic rings. The second kappa shape index (κ2) is 18.5. The summed E-state index contributed by atoms with van der Waals surface area (Å²) in [6.07, 6.45) is 12.0. The molecule has 0 spiro atoms. The minimum absolute atomic E-state index is 0.0192. The van der Waals surface area contributed by atoms with Crippen LogP contribution in [0.25, 0.3) is 22.0 Å². The molecule has 6 aromatic rings. The molecule has 2 aliphatic heterocycles. The van der Waals surface area contributed by atoms with E-state index in [-0.39, 0.29) is 29.4 Å². The molecule has 0 radical (unpaired) electrons. The first-order chi connectivity index (χ1) is 31.0. The lowest BCUT2D eigenvalue weighted by molar-refractivity contribution is 0.0888. The summed E-state index contributed by atoms with van der Waals surface area (Å²) in [6, 6.07) is 26.5. The van der Waals surface area contributed by atoms with Crippen LogP contribution in [0.5, 0.6) is 17.2 Å². The van der Waals surface area contributed by atoms with Gasteiger partial charge in [-0.2, -0.15) is 5.26 Å². The van der Waals surface area contributed by atoms with Crippen LogP contribution >= 0.6 is 11.6 Å². The van der Waals surface area contributed by atoms with Gasteiger partial charge in [0.2, 0.25) is 0 Å². The first-order valence-corrected chi connectivity index (χ1v) is 24.2. The average Bonchev–Trinajstić information content (AvgIpc) is 3.95. The molecule has 3 aromatic carbocycles. The van der Waals surface area contributed by atoms with E-state index < -0.39 is 15.1 Å². The third-order valence-corrected chi connectivity index (χ3v) is 15.6. The van der Waals surface area contributed by atoms with Gasteiger partial charge in [0.05, 0.1) is 27.7 Å². The number of rotatable bonds is 12. The number of nitriles is 1. The Morgan fingerprint density at radius 3 is 2.41 bits per heavy atom. The standard InChI is InChI=1S/C49H50ClN7O6S/c1-56-30-41(39-20-23-52-47(39)49(56)59)40-27-33(45-3-2-26-64(45,60)61)9-18-44(40)63-37-12-6-31(7-13-37)4-5-32-21-24-57(25-22-32)46-19-17-43(54-55-46)48(58)53-35-10-15-36(16-11-35)62-38-14-8-34(29-51)42(50)28-38/h6-9,12-14,17-20,23,27-28,30,32,35-36,45,52H,2-5,10-11,15-16,21-22,24-26H2,1H3,(H,53,58). The van der Waals surface area contributed by atoms with Crippen LogP contribution in [0.3, 0.4) is 0 Å². The normalized spacial score (nSPS) is 19.9. The van der Waals surface area contributed by atoms with Crippen LogP contribution in [-0.2, 0) is 23.3 Å². The molecule has 3 aromatic heterocycles. The molecule has 2 saturated heterocycles. The van der Waals surface area contributed by atoms with E-state index in [2.05, 4.69) is 43.6 Å². The van der Waals surface area contributed by atoms with Crippen molar-refractivity contribution in [1.82, 2.24) is 25.1 Å². The van der Waals surface area contributed by atoms with E-state index in [1.807, 2.05) is 42.5 Å². The predicted octanol–water partition coefficient (Wildman–Crippen LogP) is 8.86. The highest BCUT2D eigenvalue weighted by atomic mass is 35.5. The van der Waals surface area contributed by atoms with Crippen molar-refractivity contribution in [3.8, 4) is 34.4 Å². The third kappa shape index (κ3) is 9.37. The number of pyridine rings is 1. The number of aromatic amines is 1. The highest BCUT2D eigenvalue weighted by Crippen LogP contribution is 2.42. The molecule has 3 fully saturated rings. The fraction of sp³-hybridized carbons (Fsp3) is 0.367. The van der Waals surface area contributed by atoms with E-state index in [0.29, 0.717) is 57.8 Å². The second-order valence-corrected chi connectivity index (χ2v) is 20.0. The topological polar surface area (TPSA) is 172 Å². The maximum Gasteiger partial charge on any atom is 0.274 e. The Hall–Kier alpha value is -6.17. The van der Waals surface area contributed by atoms with Gasteiger partial charge in [-0.3, -0.25) is 9.59 Å². The molecular weight excluding hydrogens is 850 g/mol. The van der Waals surface area contributed by atoms with Gasteiger partial charge < -0.3 is 29.2 Å². The van der Waals surface area contributed by atoms with Gasteiger partial charge in [0.1, 0.15) is 28.8 Å². The number of H-pyrrole nitrogens is 1. The van der Waals surface area contributed by atoms with Gasteiger partial charge in [-0.25, -0.2) is 8.42 Å². The fourth-order valence-corrected chi connectivity index (χ4v) is 11.6. The second-order valence-electron chi connectivity index (χ2n) is 17.3. The highest BCUT2D eigenvalue weighted by molar-refractivity contribution is 7.91. The Labute approximate surface area is 377 Å². The summed E-state index contributed by atoms with van der Waals surface area (Å²) < 4.78 is 40.0. The lowest BCUT2D eigenvalue weighted by atomic mass is 9.90. The molecule has 1 amide bonds. The number of hydrogen-bond donors (Lipinski definition) is 2. The quantitative estimate of drug-likeness (QED) is 0.121. The summed E-state index contributed by atoms with van der Waals surface area (Å²) in [6.45, 7) is 1.74. The number of piperidine rings is 1. The molecule has 9 rings (SSSR count). The molecule has 5 heterocycles. The molecule has 2 N–H and O–H groups in total. The van der Waals surface area contributed by atoms with Crippen molar-refractivity contribution in [3.63, 3.8) is 0 Å². The average molecular weight is 901 g/mol. The zero-order valence-corrected chi connectivity index (χ0v) is 37.2. The van der Waals surface area contributed by atoms with Crippen LogP contribution in [-0.4, -0.2) is 65.1 Å². The van der Waals surface area contributed by atoms with E-state index in [9.17, 15) is 18.0 Å². The lowest BCUT2D eigenvalue weighted by Gasteiger charge is -2.32. The molecular formula is C49H50ClN7O6S. The first-order valence-electron chi connectivity index (χ1n) is 22.1. The minimum atomic E-state index is -3.24. The zero-order chi connectivity index (χ0) is 44.4. The number of carbonyl (C=O) groups excluding carboxylic acids is 1. The first kappa shape index (κ1) is 43.1. The molecule has 1 unspecified atom stereocenters. The number of benzene rings is 3. The number of aryl methyl sites for hydroxylation is 2. The van der Waals surface area contributed by atoms with Crippen molar-refractivity contribution in [1.29, 1.82) is 5.26 Å². The van der Waals surface area contributed by atoms with Gasteiger partial charge in [0.25, 0.3) is 11.5 Å². The number of nitrogens with one attached hydrogen (secondary N) is 2. The molecule has 1 aliphatic carbocycles. The predicted molar refractivity (Wildman–Crippen MR) is 247 cm³/mol. The summed E-state index contributed by atoms with van der Waals surface area (Å²) in [7, 11) is -1.53. The van der Waals surface area contributed by atoms with E-state index in [1.54, 1.807) is 43.7 Å². The lowest BCUT2D eigenvalue weighted by Crippen LogP contribution is -2.40. The minimum Gasteiger partial charge on any atom is -0.490 e. The van der Waals surface area contributed by atoms with Crippen molar-refractivity contribution in [2.24, 2.45) is 13.0 Å². The highest BCUT2D eigenvalue weighted by Gasteiger charge is 2.33. The molecule has 0 bridgehead atoms. The maximum absolute atomic E-state index is 13.1. The smallest absolute Gasteiger partial charge is 0.274 e. The van der Waals surface area contributed by atoms with Crippen molar-refractivity contribution < 1.29 is 22.7 Å². The SMILES string of the molecule is Cn1cc(-c2cc(C3CCCS3(=O)=O)ccc2Oc2ccc(CCC3CCN(c4ccc(C(=O)NC5CCC(Oc6ccc(C#N)c(Cl)c6)CC5)nn4)CC3)cc2)c2cc[nH]c2c1=O. The third-order valence-electron chi connectivity index (χ3n) is 13.1. The summed E-state index contributed by atoms with van der Waals surface area (Å²) in [5, 5.41) is 21.5. The molecule has 15 heteroatoms. The van der Waals surface area contributed by atoms with E-state index in [1.165, 1.54) is 10.1 Å². The molecule has 1 saturated carbocycles. The number of amides is 1. The Bertz CT molecular complexity index is 2880. The summed E-state index contributed by atoms with van der Waals surface area (Å²) in [5.41, 5.74) is 4.53. The Kier molecular flexibility index (Phi) is 12.5. The van der Waals surface area contributed by atoms with Gasteiger partial charge in [-0.05, 0) is 136 Å². The van der Waals surface area contributed by atoms with Gasteiger partial charge in [-0.1, -0.05) is 29.8 Å². The molecule has 1 atom stereocenters. The number of carbonyl (C=O) groups is 1. The fourth-order valence-electron chi connectivity index (χ4n) is 9.42.